The Bertz CT molecular complexity index is 382. The quantitative estimate of drug-likeness (QED) is 0.295. The van der Waals surface area contributed by atoms with E-state index in [4.69, 9.17) is 4.74 Å². The normalized spacial score (nSPS) is 12.3. The van der Waals surface area contributed by atoms with E-state index in [1.807, 2.05) is 4.90 Å². The highest BCUT2D eigenvalue weighted by Crippen LogP contribution is 1.89. The first-order valence-electron chi connectivity index (χ1n) is 5.89. The van der Waals surface area contributed by atoms with Gasteiger partial charge in [-0.15, -0.1) is 0 Å². The molecule has 7 nitrogen and oxygen atoms in total. The summed E-state index contributed by atoms with van der Waals surface area (Å²) < 4.78 is 20.4. The van der Waals surface area contributed by atoms with Crippen molar-refractivity contribution in [2.45, 2.75) is 0 Å². The molecule has 0 bridgehead atoms. The van der Waals surface area contributed by atoms with Gasteiger partial charge in [0, 0.05) is 41.8 Å². The zero-order valence-electron chi connectivity index (χ0n) is 11.6. The highest BCUT2D eigenvalue weighted by molar-refractivity contribution is 7.85. The molecule has 0 rings (SSSR count). The fourth-order valence-corrected chi connectivity index (χ4v) is 1.92. The number of ether oxygens (including phenoxy) is 2. The lowest BCUT2D eigenvalue weighted by Gasteiger charge is -2.15. The molecule has 0 saturated carbocycles. The van der Waals surface area contributed by atoms with Gasteiger partial charge in [-0.3, -0.25) is 4.21 Å². The molecule has 0 aliphatic heterocycles. The molecule has 0 aromatic carbocycles. The fourth-order valence-electron chi connectivity index (χ4n) is 1.08. The summed E-state index contributed by atoms with van der Waals surface area (Å²) in [7, 11) is 1.85. The molecule has 0 N–H and O–H groups in total. The SMILES string of the molecule is COC(=O)/C=C/C(=O)OCCN(C)CCS(=O)CC=O. The van der Waals surface area contributed by atoms with E-state index >= 15 is 0 Å². The number of hydrogen-bond donors (Lipinski definition) is 0. The number of carbonyl (C=O) groups is 3. The van der Waals surface area contributed by atoms with Crippen LogP contribution in [0.25, 0.3) is 0 Å². The summed E-state index contributed by atoms with van der Waals surface area (Å²) in [6, 6.07) is 0. The van der Waals surface area contributed by atoms with Crippen LogP contribution < -0.4 is 0 Å². The number of likely N-dealkylation sites (N-methyl/N-ethyl adjacent to an activating group) is 1. The Balaban J connectivity index is 3.75. The smallest absolute Gasteiger partial charge is 0.331 e. The van der Waals surface area contributed by atoms with Crippen LogP contribution in [0.4, 0.5) is 0 Å². The summed E-state index contributed by atoms with van der Waals surface area (Å²) in [5.41, 5.74) is 0. The second-order valence-corrected chi connectivity index (χ2v) is 5.43. The van der Waals surface area contributed by atoms with Crippen molar-refractivity contribution in [2.24, 2.45) is 0 Å². The van der Waals surface area contributed by atoms with Gasteiger partial charge in [-0.25, -0.2) is 9.59 Å². The van der Waals surface area contributed by atoms with E-state index in [9.17, 15) is 18.6 Å². The second-order valence-electron chi connectivity index (χ2n) is 3.80. The highest BCUT2D eigenvalue weighted by atomic mass is 32.2. The summed E-state index contributed by atoms with van der Waals surface area (Å²) in [4.78, 5) is 33.9. The van der Waals surface area contributed by atoms with Gasteiger partial charge >= 0.3 is 11.9 Å². The molecule has 1 atom stereocenters. The lowest BCUT2D eigenvalue weighted by Crippen LogP contribution is -2.28. The summed E-state index contributed by atoms with van der Waals surface area (Å²) in [5, 5.41) is 0. The van der Waals surface area contributed by atoms with E-state index in [0.717, 1.165) is 12.2 Å². The summed E-state index contributed by atoms with van der Waals surface area (Å²) in [5.74, 6) is -0.822. The molecule has 20 heavy (non-hydrogen) atoms. The van der Waals surface area contributed by atoms with Crippen LogP contribution >= 0.6 is 0 Å². The molecular formula is C12H19NO6S. The van der Waals surface area contributed by atoms with Crippen molar-refractivity contribution < 1.29 is 28.1 Å². The van der Waals surface area contributed by atoms with Crippen LogP contribution in [0.5, 0.6) is 0 Å². The van der Waals surface area contributed by atoms with Crippen molar-refractivity contribution in [1.82, 2.24) is 4.90 Å². The highest BCUT2D eigenvalue weighted by Gasteiger charge is 2.04. The predicted octanol–water partition coefficient (Wildman–Crippen LogP) is -0.862. The molecule has 0 aliphatic carbocycles. The molecule has 0 radical (unpaired) electrons. The molecule has 0 heterocycles. The number of hydrogen-bond acceptors (Lipinski definition) is 7. The average Bonchev–Trinajstić information content (AvgIpc) is 2.42. The zero-order valence-corrected chi connectivity index (χ0v) is 12.4. The van der Waals surface area contributed by atoms with Gasteiger partial charge in [-0.05, 0) is 7.05 Å². The third-order valence-corrected chi connectivity index (χ3v) is 3.37. The maximum atomic E-state index is 11.2. The third-order valence-electron chi connectivity index (χ3n) is 2.23. The number of carbonyl (C=O) groups excluding carboxylic acids is 3. The van der Waals surface area contributed by atoms with Crippen molar-refractivity contribution in [1.29, 1.82) is 0 Å². The Labute approximate surface area is 120 Å². The van der Waals surface area contributed by atoms with Crippen molar-refractivity contribution in [3.63, 3.8) is 0 Å². The topological polar surface area (TPSA) is 90.0 Å². The molecule has 0 aliphatic rings. The molecular weight excluding hydrogens is 286 g/mol. The number of rotatable bonds is 10. The van der Waals surface area contributed by atoms with Crippen LogP contribution in [-0.2, 0) is 34.7 Å². The van der Waals surface area contributed by atoms with E-state index in [-0.39, 0.29) is 12.4 Å². The maximum Gasteiger partial charge on any atom is 0.331 e. The van der Waals surface area contributed by atoms with Gasteiger partial charge < -0.3 is 19.2 Å². The Morgan fingerprint density at radius 3 is 2.45 bits per heavy atom. The first kappa shape index (κ1) is 18.5. The molecule has 1 unspecified atom stereocenters. The van der Waals surface area contributed by atoms with Gasteiger partial charge in [0.05, 0.1) is 12.9 Å². The molecule has 0 fully saturated rings. The predicted molar refractivity (Wildman–Crippen MR) is 73.6 cm³/mol. The lowest BCUT2D eigenvalue weighted by atomic mass is 10.5. The largest absolute Gasteiger partial charge is 0.466 e. The third kappa shape index (κ3) is 10.4. The van der Waals surface area contributed by atoms with Crippen LogP contribution in [-0.4, -0.2) is 72.7 Å². The average molecular weight is 305 g/mol. The lowest BCUT2D eigenvalue weighted by molar-refractivity contribution is -0.139. The standard InChI is InChI=1S/C12H19NO6S/c1-13(6-9-20(17)10-7-14)5-8-19-12(16)4-3-11(15)18-2/h3-4,7H,5-6,8-10H2,1-2H3/b4-3+. The second kappa shape index (κ2) is 11.3. The molecule has 114 valence electrons. The molecule has 0 aromatic heterocycles. The molecule has 0 aromatic rings. The number of nitrogens with zero attached hydrogens (tertiary/aromatic N) is 1. The minimum absolute atomic E-state index is 0.0428. The van der Waals surface area contributed by atoms with Crippen LogP contribution in [0.3, 0.4) is 0 Å². The van der Waals surface area contributed by atoms with E-state index in [2.05, 4.69) is 4.74 Å². The number of esters is 2. The number of aldehydes is 1. The Morgan fingerprint density at radius 2 is 1.85 bits per heavy atom. The van der Waals surface area contributed by atoms with Crippen molar-refractivity contribution in [2.75, 3.05) is 45.4 Å². The van der Waals surface area contributed by atoms with E-state index in [0.29, 0.717) is 25.1 Å². The minimum Gasteiger partial charge on any atom is -0.466 e. The van der Waals surface area contributed by atoms with E-state index in [1.165, 1.54) is 7.11 Å². The van der Waals surface area contributed by atoms with Gasteiger partial charge in [-0.1, -0.05) is 0 Å². The van der Waals surface area contributed by atoms with Gasteiger partial charge in [0.1, 0.15) is 12.9 Å². The van der Waals surface area contributed by atoms with Crippen LogP contribution in [0.15, 0.2) is 12.2 Å². The van der Waals surface area contributed by atoms with Crippen LogP contribution in [0.2, 0.25) is 0 Å². The molecule has 8 heteroatoms. The van der Waals surface area contributed by atoms with Crippen molar-refractivity contribution >= 4 is 29.0 Å². The van der Waals surface area contributed by atoms with Crippen LogP contribution in [0.1, 0.15) is 0 Å². The molecule has 0 spiro atoms. The summed E-state index contributed by atoms with van der Waals surface area (Å²) >= 11 is 0. The molecule has 0 amide bonds. The Kier molecular flexibility index (Phi) is 10.4. The van der Waals surface area contributed by atoms with Gasteiger partial charge in [-0.2, -0.15) is 0 Å². The van der Waals surface area contributed by atoms with Crippen molar-refractivity contribution in [3.05, 3.63) is 12.2 Å². The minimum atomic E-state index is -1.14. The van der Waals surface area contributed by atoms with Gasteiger partial charge in [0.25, 0.3) is 0 Å². The Hall–Kier alpha value is -1.54. The fraction of sp³-hybridized carbons (Fsp3) is 0.583. The zero-order chi connectivity index (χ0) is 15.4. The van der Waals surface area contributed by atoms with Gasteiger partial charge in [0.2, 0.25) is 0 Å². The van der Waals surface area contributed by atoms with E-state index in [1.54, 1.807) is 7.05 Å². The van der Waals surface area contributed by atoms with E-state index < -0.39 is 22.7 Å². The first-order valence-corrected chi connectivity index (χ1v) is 7.38. The first-order chi connectivity index (χ1) is 9.49. The summed E-state index contributed by atoms with van der Waals surface area (Å²) in [6.45, 7) is 1.16. The van der Waals surface area contributed by atoms with Crippen LogP contribution in [0, 0.1) is 0 Å². The Morgan fingerprint density at radius 1 is 1.20 bits per heavy atom. The van der Waals surface area contributed by atoms with Gasteiger partial charge in [0.15, 0.2) is 0 Å². The molecule has 0 saturated heterocycles. The monoisotopic (exact) mass is 305 g/mol. The number of methoxy groups -OCH3 is 1. The summed E-state index contributed by atoms with van der Waals surface area (Å²) in [6.07, 6.45) is 2.60. The maximum absolute atomic E-state index is 11.2. The van der Waals surface area contributed by atoms with Crippen molar-refractivity contribution in [3.8, 4) is 0 Å².